The second-order valence-electron chi connectivity index (χ2n) is 8.65. The first-order valence-corrected chi connectivity index (χ1v) is 11.0. The van der Waals surface area contributed by atoms with Crippen molar-refractivity contribution in [1.82, 2.24) is 10.2 Å². The van der Waals surface area contributed by atoms with E-state index in [2.05, 4.69) is 10.6 Å². The van der Waals surface area contributed by atoms with Crippen molar-refractivity contribution in [3.63, 3.8) is 0 Å². The summed E-state index contributed by atoms with van der Waals surface area (Å²) in [7, 11) is 0. The Morgan fingerprint density at radius 1 is 1.12 bits per heavy atom. The molecule has 7 nitrogen and oxygen atoms in total. The van der Waals surface area contributed by atoms with Crippen LogP contribution in [0.2, 0.25) is 0 Å². The molecule has 1 fully saturated rings. The van der Waals surface area contributed by atoms with Gasteiger partial charge in [0.05, 0.1) is 6.61 Å². The predicted octanol–water partition coefficient (Wildman–Crippen LogP) is 4.31. The fourth-order valence-electron chi connectivity index (χ4n) is 4.22. The van der Waals surface area contributed by atoms with Crippen LogP contribution in [0.3, 0.4) is 0 Å². The van der Waals surface area contributed by atoms with Gasteiger partial charge in [-0.25, -0.2) is 14.0 Å². The Hall–Kier alpha value is -3.42. The number of hydrogen-bond acceptors (Lipinski definition) is 4. The molecule has 1 heterocycles. The van der Waals surface area contributed by atoms with Gasteiger partial charge in [-0.2, -0.15) is 0 Å². The Labute approximate surface area is 193 Å². The highest BCUT2D eigenvalue weighted by molar-refractivity contribution is 5.97. The molecule has 0 aromatic heterocycles. The molecular weight excluding hydrogens is 425 g/mol. The highest BCUT2D eigenvalue weighted by Gasteiger charge is 2.44. The minimum Gasteiger partial charge on any atom is -0.464 e. The lowest BCUT2D eigenvalue weighted by molar-refractivity contribution is -0.144. The number of benzene rings is 2. The molecule has 0 saturated carbocycles. The SMILES string of the molecule is CCOC(=O)C(C)NC(=O)c1ccc(NC(=O)N2CCC(c3ccc(F)cc3)C2(C)C)cc1. The van der Waals surface area contributed by atoms with Gasteiger partial charge in [0.1, 0.15) is 11.9 Å². The van der Waals surface area contributed by atoms with Crippen LogP contribution in [0.25, 0.3) is 0 Å². The smallest absolute Gasteiger partial charge is 0.328 e. The summed E-state index contributed by atoms with van der Waals surface area (Å²) in [6.07, 6.45) is 0.782. The van der Waals surface area contributed by atoms with Crippen molar-refractivity contribution in [2.75, 3.05) is 18.5 Å². The minimum absolute atomic E-state index is 0.0938. The fourth-order valence-corrected chi connectivity index (χ4v) is 4.22. The lowest BCUT2D eigenvalue weighted by atomic mass is 9.83. The number of amides is 3. The summed E-state index contributed by atoms with van der Waals surface area (Å²) in [5.41, 5.74) is 1.47. The summed E-state index contributed by atoms with van der Waals surface area (Å²) >= 11 is 0. The van der Waals surface area contributed by atoms with Gasteiger partial charge in [-0.05, 0) is 76.1 Å². The Balaban J connectivity index is 1.62. The van der Waals surface area contributed by atoms with Crippen LogP contribution >= 0.6 is 0 Å². The number of nitrogens with one attached hydrogen (secondary N) is 2. The fraction of sp³-hybridized carbons (Fsp3) is 0.400. The Morgan fingerprint density at radius 3 is 2.36 bits per heavy atom. The Bertz CT molecular complexity index is 1010. The monoisotopic (exact) mass is 455 g/mol. The number of urea groups is 1. The van der Waals surface area contributed by atoms with E-state index >= 15 is 0 Å². The summed E-state index contributed by atoms with van der Waals surface area (Å²) in [6, 6.07) is 11.9. The van der Waals surface area contributed by atoms with E-state index in [9.17, 15) is 18.8 Å². The first-order chi connectivity index (χ1) is 15.6. The molecule has 2 N–H and O–H groups in total. The average Bonchev–Trinajstić information content (AvgIpc) is 3.09. The summed E-state index contributed by atoms with van der Waals surface area (Å²) in [5.74, 6) is -1.09. The maximum atomic E-state index is 13.3. The quantitative estimate of drug-likeness (QED) is 0.636. The molecule has 1 aliphatic rings. The number of carbonyl (C=O) groups is 3. The third kappa shape index (κ3) is 5.50. The van der Waals surface area contributed by atoms with Gasteiger partial charge in [0.15, 0.2) is 0 Å². The van der Waals surface area contributed by atoms with E-state index in [1.54, 1.807) is 55.1 Å². The molecule has 33 heavy (non-hydrogen) atoms. The van der Waals surface area contributed by atoms with Crippen LogP contribution in [0, 0.1) is 5.82 Å². The third-order valence-electron chi connectivity index (χ3n) is 6.09. The molecule has 1 saturated heterocycles. The number of anilines is 1. The predicted molar refractivity (Wildman–Crippen MR) is 124 cm³/mol. The van der Waals surface area contributed by atoms with Crippen molar-refractivity contribution in [3.05, 3.63) is 65.5 Å². The molecule has 2 aromatic rings. The second kappa shape index (κ2) is 10.0. The van der Waals surface area contributed by atoms with E-state index in [-0.39, 0.29) is 24.4 Å². The maximum Gasteiger partial charge on any atom is 0.328 e. The summed E-state index contributed by atoms with van der Waals surface area (Å²) < 4.78 is 18.2. The molecule has 2 aromatic carbocycles. The van der Waals surface area contributed by atoms with Gasteiger partial charge in [-0.1, -0.05) is 12.1 Å². The number of likely N-dealkylation sites (tertiary alicyclic amines) is 1. The molecule has 3 rings (SSSR count). The first kappa shape index (κ1) is 24.2. The van der Waals surface area contributed by atoms with E-state index < -0.39 is 23.5 Å². The maximum absolute atomic E-state index is 13.3. The molecule has 8 heteroatoms. The second-order valence-corrected chi connectivity index (χ2v) is 8.65. The number of hydrogen-bond donors (Lipinski definition) is 2. The number of rotatable bonds is 6. The van der Waals surface area contributed by atoms with Crippen LogP contribution in [-0.4, -0.2) is 47.5 Å². The zero-order valence-corrected chi connectivity index (χ0v) is 19.4. The molecule has 0 spiro atoms. The van der Waals surface area contributed by atoms with Crippen LogP contribution < -0.4 is 10.6 Å². The van der Waals surface area contributed by atoms with Gasteiger partial charge < -0.3 is 20.3 Å². The zero-order valence-electron chi connectivity index (χ0n) is 19.4. The number of carbonyl (C=O) groups excluding carboxylic acids is 3. The lowest BCUT2D eigenvalue weighted by Gasteiger charge is -2.36. The summed E-state index contributed by atoms with van der Waals surface area (Å²) in [5, 5.41) is 5.47. The molecule has 0 bridgehead atoms. The lowest BCUT2D eigenvalue weighted by Crippen LogP contribution is -2.47. The van der Waals surface area contributed by atoms with Crippen LogP contribution in [-0.2, 0) is 9.53 Å². The number of halogens is 1. The van der Waals surface area contributed by atoms with E-state index in [1.807, 2.05) is 13.8 Å². The molecule has 2 atom stereocenters. The van der Waals surface area contributed by atoms with Crippen LogP contribution in [0.4, 0.5) is 14.9 Å². The Morgan fingerprint density at radius 2 is 1.76 bits per heavy atom. The van der Waals surface area contributed by atoms with Gasteiger partial charge in [-0.3, -0.25) is 4.79 Å². The molecule has 176 valence electrons. The van der Waals surface area contributed by atoms with Crippen molar-refractivity contribution in [3.8, 4) is 0 Å². The largest absolute Gasteiger partial charge is 0.464 e. The molecular formula is C25H30FN3O4. The molecule has 3 amide bonds. The molecule has 2 unspecified atom stereocenters. The van der Waals surface area contributed by atoms with E-state index in [0.717, 1.165) is 12.0 Å². The number of nitrogens with zero attached hydrogens (tertiary/aromatic N) is 1. The van der Waals surface area contributed by atoms with Crippen molar-refractivity contribution < 1.29 is 23.5 Å². The highest BCUT2D eigenvalue weighted by Crippen LogP contribution is 2.42. The molecule has 1 aliphatic heterocycles. The van der Waals surface area contributed by atoms with E-state index in [4.69, 9.17) is 4.74 Å². The van der Waals surface area contributed by atoms with E-state index in [1.165, 1.54) is 12.1 Å². The van der Waals surface area contributed by atoms with Gasteiger partial charge in [-0.15, -0.1) is 0 Å². The topological polar surface area (TPSA) is 87.7 Å². The van der Waals surface area contributed by atoms with Crippen LogP contribution in [0.5, 0.6) is 0 Å². The van der Waals surface area contributed by atoms with Crippen molar-refractivity contribution in [2.45, 2.75) is 51.6 Å². The van der Waals surface area contributed by atoms with Gasteiger partial charge in [0.25, 0.3) is 5.91 Å². The first-order valence-electron chi connectivity index (χ1n) is 11.0. The Kier molecular flexibility index (Phi) is 7.36. The summed E-state index contributed by atoms with van der Waals surface area (Å²) in [6.45, 7) is 8.09. The molecule has 0 aliphatic carbocycles. The van der Waals surface area contributed by atoms with Gasteiger partial charge in [0, 0.05) is 29.3 Å². The van der Waals surface area contributed by atoms with Gasteiger partial charge >= 0.3 is 12.0 Å². The standard InChI is InChI=1S/C25H30FN3O4/c1-5-33-23(31)16(2)27-22(30)18-8-12-20(13-9-18)28-24(32)29-15-14-21(25(29,3)4)17-6-10-19(26)11-7-17/h6-13,16,21H,5,14-15H2,1-4H3,(H,27,30)(H,28,32). The van der Waals surface area contributed by atoms with Gasteiger partial charge in [0.2, 0.25) is 0 Å². The number of esters is 1. The van der Waals surface area contributed by atoms with Crippen molar-refractivity contribution >= 4 is 23.6 Å². The van der Waals surface area contributed by atoms with E-state index in [0.29, 0.717) is 17.8 Å². The van der Waals surface area contributed by atoms with Crippen molar-refractivity contribution in [2.24, 2.45) is 0 Å². The highest BCUT2D eigenvalue weighted by atomic mass is 19.1. The minimum atomic E-state index is -0.761. The van der Waals surface area contributed by atoms with Crippen LogP contribution in [0.15, 0.2) is 48.5 Å². The zero-order chi connectivity index (χ0) is 24.2. The average molecular weight is 456 g/mol. The third-order valence-corrected chi connectivity index (χ3v) is 6.09. The van der Waals surface area contributed by atoms with Crippen LogP contribution in [0.1, 0.15) is 56.0 Å². The molecule has 0 radical (unpaired) electrons. The van der Waals surface area contributed by atoms with Crippen molar-refractivity contribution in [1.29, 1.82) is 0 Å². The summed E-state index contributed by atoms with van der Waals surface area (Å²) in [4.78, 5) is 38.8. The number of ether oxygens (including phenoxy) is 1. The normalized spacial score (nSPS) is 17.8.